The van der Waals surface area contributed by atoms with Crippen LogP contribution in [0.2, 0.25) is 0 Å². The van der Waals surface area contributed by atoms with Crippen molar-refractivity contribution >= 4 is 0 Å². The van der Waals surface area contributed by atoms with Crippen LogP contribution in [0.5, 0.6) is 0 Å². The molecule has 54 valence electrons. The van der Waals surface area contributed by atoms with Crippen molar-refractivity contribution < 1.29 is 0 Å². The van der Waals surface area contributed by atoms with Crippen molar-refractivity contribution in [2.75, 3.05) is 20.1 Å². The first-order valence-electron chi connectivity index (χ1n) is 3.66. The van der Waals surface area contributed by atoms with Gasteiger partial charge in [-0.1, -0.05) is 0 Å². The molecule has 2 heteroatoms. The van der Waals surface area contributed by atoms with Crippen LogP contribution in [0.1, 0.15) is 13.3 Å². The van der Waals surface area contributed by atoms with Crippen LogP contribution in [0.25, 0.3) is 0 Å². The van der Waals surface area contributed by atoms with E-state index in [2.05, 4.69) is 18.9 Å². The second-order valence-corrected chi connectivity index (χ2v) is 3.01. The minimum Gasteiger partial charge on any atom is -0.330 e. The van der Waals surface area contributed by atoms with E-state index in [0.717, 1.165) is 12.5 Å². The Morgan fingerprint density at radius 1 is 1.67 bits per heavy atom. The lowest BCUT2D eigenvalue weighted by molar-refractivity contribution is 0.295. The normalized spacial score (nSPS) is 37.7. The molecule has 0 radical (unpaired) electrons. The third-order valence-corrected chi connectivity index (χ3v) is 2.53. The summed E-state index contributed by atoms with van der Waals surface area (Å²) < 4.78 is 0. The summed E-state index contributed by atoms with van der Waals surface area (Å²) in [4.78, 5) is 2.37. The van der Waals surface area contributed by atoms with E-state index in [4.69, 9.17) is 5.73 Å². The molecule has 1 saturated heterocycles. The Morgan fingerprint density at radius 2 is 2.33 bits per heavy atom. The second kappa shape index (κ2) is 2.67. The molecule has 2 N–H and O–H groups in total. The molecule has 0 unspecified atom stereocenters. The Bertz CT molecular complexity index is 92.9. The Labute approximate surface area is 57.0 Å². The molecule has 1 aliphatic rings. The fraction of sp³-hybridized carbons (Fsp3) is 1.00. The van der Waals surface area contributed by atoms with Crippen molar-refractivity contribution in [3.8, 4) is 0 Å². The third kappa shape index (κ3) is 1.25. The molecule has 9 heavy (non-hydrogen) atoms. The van der Waals surface area contributed by atoms with Gasteiger partial charge < -0.3 is 10.6 Å². The van der Waals surface area contributed by atoms with Crippen LogP contribution in [-0.2, 0) is 0 Å². The van der Waals surface area contributed by atoms with Crippen LogP contribution >= 0.6 is 0 Å². The molecular weight excluding hydrogens is 112 g/mol. The van der Waals surface area contributed by atoms with E-state index >= 15 is 0 Å². The molecule has 0 aromatic carbocycles. The summed E-state index contributed by atoms with van der Waals surface area (Å²) in [5.41, 5.74) is 5.56. The topological polar surface area (TPSA) is 29.3 Å². The standard InChI is InChI=1S/C7H16N2/c1-6-7(5-8)3-4-9(6)2/h6-7H,3-5,8H2,1-2H3/t6-,7-/m1/s1. The Hall–Kier alpha value is -0.0800. The Morgan fingerprint density at radius 3 is 2.56 bits per heavy atom. The zero-order chi connectivity index (χ0) is 6.85. The molecule has 0 saturated carbocycles. The maximum Gasteiger partial charge on any atom is 0.0105 e. The van der Waals surface area contributed by atoms with Gasteiger partial charge in [-0.2, -0.15) is 0 Å². The zero-order valence-corrected chi connectivity index (χ0v) is 6.30. The van der Waals surface area contributed by atoms with Gasteiger partial charge in [0.2, 0.25) is 0 Å². The molecule has 1 heterocycles. The molecule has 0 aromatic heterocycles. The smallest absolute Gasteiger partial charge is 0.0105 e. The summed E-state index contributed by atoms with van der Waals surface area (Å²) in [6.07, 6.45) is 1.29. The average Bonchev–Trinajstić information content (AvgIpc) is 2.15. The molecule has 0 spiro atoms. The molecule has 1 aliphatic heterocycles. The summed E-state index contributed by atoms with van der Waals surface area (Å²) in [7, 11) is 2.17. The molecule has 2 nitrogen and oxygen atoms in total. The largest absolute Gasteiger partial charge is 0.330 e. The van der Waals surface area contributed by atoms with Gasteiger partial charge in [0.1, 0.15) is 0 Å². The Balaban J connectivity index is 2.41. The van der Waals surface area contributed by atoms with Crippen molar-refractivity contribution in [1.82, 2.24) is 4.90 Å². The SMILES string of the molecule is C[C@@H]1[C@@H](CN)CCN1C. The van der Waals surface area contributed by atoms with E-state index in [1.807, 2.05) is 0 Å². The van der Waals surface area contributed by atoms with Gasteiger partial charge in [-0.15, -0.1) is 0 Å². The maximum atomic E-state index is 5.56. The quantitative estimate of drug-likeness (QED) is 0.550. The fourth-order valence-electron chi connectivity index (χ4n) is 1.49. The number of hydrogen-bond acceptors (Lipinski definition) is 2. The van der Waals surface area contributed by atoms with Gasteiger partial charge in [0, 0.05) is 6.04 Å². The summed E-state index contributed by atoms with van der Waals surface area (Å²) in [6, 6.07) is 0.704. The van der Waals surface area contributed by atoms with Crippen molar-refractivity contribution in [3.05, 3.63) is 0 Å². The molecular formula is C7H16N2. The van der Waals surface area contributed by atoms with Gasteiger partial charge >= 0.3 is 0 Å². The first kappa shape index (κ1) is 7.03. The lowest BCUT2D eigenvalue weighted by Gasteiger charge is -2.18. The average molecular weight is 128 g/mol. The molecule has 0 aliphatic carbocycles. The first-order valence-corrected chi connectivity index (χ1v) is 3.66. The van der Waals surface area contributed by atoms with Crippen LogP contribution in [0.3, 0.4) is 0 Å². The minimum absolute atomic E-state index is 0.704. The number of nitrogens with zero attached hydrogens (tertiary/aromatic N) is 1. The van der Waals surface area contributed by atoms with Gasteiger partial charge in [-0.25, -0.2) is 0 Å². The summed E-state index contributed by atoms with van der Waals surface area (Å²) in [6.45, 7) is 4.33. The van der Waals surface area contributed by atoms with E-state index in [1.165, 1.54) is 13.0 Å². The lowest BCUT2D eigenvalue weighted by atomic mass is 10.0. The monoisotopic (exact) mass is 128 g/mol. The predicted molar refractivity (Wildman–Crippen MR) is 39.3 cm³/mol. The highest BCUT2D eigenvalue weighted by molar-refractivity contribution is 4.81. The van der Waals surface area contributed by atoms with Crippen molar-refractivity contribution in [2.45, 2.75) is 19.4 Å². The highest BCUT2D eigenvalue weighted by Gasteiger charge is 2.25. The van der Waals surface area contributed by atoms with Crippen LogP contribution in [0.4, 0.5) is 0 Å². The van der Waals surface area contributed by atoms with Gasteiger partial charge in [-0.3, -0.25) is 0 Å². The second-order valence-electron chi connectivity index (χ2n) is 3.01. The minimum atomic E-state index is 0.704. The van der Waals surface area contributed by atoms with Crippen LogP contribution < -0.4 is 5.73 Å². The highest BCUT2D eigenvalue weighted by Crippen LogP contribution is 2.20. The van der Waals surface area contributed by atoms with Crippen molar-refractivity contribution in [1.29, 1.82) is 0 Å². The highest BCUT2D eigenvalue weighted by atomic mass is 15.1. The van der Waals surface area contributed by atoms with Crippen LogP contribution in [0, 0.1) is 5.92 Å². The number of likely N-dealkylation sites (tertiary alicyclic amines) is 1. The maximum absolute atomic E-state index is 5.56. The van der Waals surface area contributed by atoms with E-state index in [-0.39, 0.29) is 0 Å². The number of rotatable bonds is 1. The van der Waals surface area contributed by atoms with E-state index in [9.17, 15) is 0 Å². The molecule has 2 atom stereocenters. The van der Waals surface area contributed by atoms with Gasteiger partial charge in [-0.05, 0) is 39.4 Å². The van der Waals surface area contributed by atoms with E-state index < -0.39 is 0 Å². The summed E-state index contributed by atoms with van der Waals surface area (Å²) >= 11 is 0. The molecule has 0 bridgehead atoms. The van der Waals surface area contributed by atoms with E-state index in [0.29, 0.717) is 6.04 Å². The predicted octanol–water partition coefficient (Wildman–Crippen LogP) is 0.285. The molecule has 0 amide bonds. The molecule has 0 aromatic rings. The summed E-state index contributed by atoms with van der Waals surface area (Å²) in [5.74, 6) is 0.745. The first-order chi connectivity index (χ1) is 4.25. The van der Waals surface area contributed by atoms with Gasteiger partial charge in [0.15, 0.2) is 0 Å². The zero-order valence-electron chi connectivity index (χ0n) is 6.30. The fourth-order valence-corrected chi connectivity index (χ4v) is 1.49. The van der Waals surface area contributed by atoms with Crippen molar-refractivity contribution in [2.24, 2.45) is 11.7 Å². The lowest BCUT2D eigenvalue weighted by Crippen LogP contribution is -2.29. The number of nitrogens with two attached hydrogens (primary N) is 1. The number of hydrogen-bond donors (Lipinski definition) is 1. The van der Waals surface area contributed by atoms with Gasteiger partial charge in [0.05, 0.1) is 0 Å². The van der Waals surface area contributed by atoms with E-state index in [1.54, 1.807) is 0 Å². The molecule has 1 fully saturated rings. The third-order valence-electron chi connectivity index (χ3n) is 2.53. The Kier molecular flexibility index (Phi) is 2.09. The molecule has 1 rings (SSSR count). The van der Waals surface area contributed by atoms with Crippen molar-refractivity contribution in [3.63, 3.8) is 0 Å². The van der Waals surface area contributed by atoms with Crippen LogP contribution in [-0.4, -0.2) is 31.1 Å². The van der Waals surface area contributed by atoms with Gasteiger partial charge in [0.25, 0.3) is 0 Å². The van der Waals surface area contributed by atoms with Crippen LogP contribution in [0.15, 0.2) is 0 Å². The summed E-state index contributed by atoms with van der Waals surface area (Å²) in [5, 5.41) is 0.